The molecule has 0 saturated carbocycles. The van der Waals surface area contributed by atoms with Crippen LogP contribution in [0.15, 0.2) is 18.2 Å². The molecule has 0 fully saturated rings. The predicted octanol–water partition coefficient (Wildman–Crippen LogP) is 3.47. The highest BCUT2D eigenvalue weighted by atomic mass is 127. The fraction of sp³-hybridized carbons (Fsp3) is 0.182. The summed E-state index contributed by atoms with van der Waals surface area (Å²) in [6.07, 6.45) is 0. The van der Waals surface area contributed by atoms with Crippen molar-refractivity contribution in [1.82, 2.24) is 9.38 Å². The third-order valence-corrected chi connectivity index (χ3v) is 4.82. The van der Waals surface area contributed by atoms with E-state index in [2.05, 4.69) is 44.1 Å². The topological polar surface area (TPSA) is 26.5 Å². The van der Waals surface area contributed by atoms with Crippen LogP contribution in [0, 0.1) is 10.6 Å². The molecule has 82 valence electrons. The van der Waals surface area contributed by atoms with Crippen LogP contribution in [0.5, 0.6) is 5.75 Å². The minimum absolute atomic E-state index is 0.892. The smallest absolute Gasteiger partial charge is 0.195 e. The number of fused-ring (bicyclic) bond motifs is 3. The van der Waals surface area contributed by atoms with Gasteiger partial charge in [-0.25, -0.2) is 4.98 Å². The third kappa shape index (κ3) is 1.34. The van der Waals surface area contributed by atoms with Gasteiger partial charge in [-0.15, -0.1) is 0 Å². The van der Waals surface area contributed by atoms with Gasteiger partial charge in [0.15, 0.2) is 4.96 Å². The number of hydrogen-bond donors (Lipinski definition) is 0. The number of benzene rings is 1. The Morgan fingerprint density at radius 1 is 1.44 bits per heavy atom. The summed E-state index contributed by atoms with van der Waals surface area (Å²) < 4.78 is 9.81. The zero-order valence-electron chi connectivity index (χ0n) is 8.82. The van der Waals surface area contributed by atoms with E-state index in [1.54, 1.807) is 18.4 Å². The molecule has 0 aliphatic carbocycles. The van der Waals surface area contributed by atoms with E-state index in [1.807, 2.05) is 13.0 Å². The molecule has 0 N–H and O–H groups in total. The van der Waals surface area contributed by atoms with Crippen molar-refractivity contribution >= 4 is 49.1 Å². The summed E-state index contributed by atoms with van der Waals surface area (Å²) in [7, 11) is 1.69. The monoisotopic (exact) mass is 344 g/mol. The van der Waals surface area contributed by atoms with Gasteiger partial charge < -0.3 is 4.74 Å². The molecule has 16 heavy (non-hydrogen) atoms. The molecule has 2 aromatic heterocycles. The maximum absolute atomic E-state index is 5.22. The number of aromatic nitrogens is 2. The first-order valence-electron chi connectivity index (χ1n) is 4.82. The first-order chi connectivity index (χ1) is 7.70. The molecule has 0 spiro atoms. The van der Waals surface area contributed by atoms with Crippen molar-refractivity contribution in [3.63, 3.8) is 0 Å². The Morgan fingerprint density at radius 2 is 2.25 bits per heavy atom. The van der Waals surface area contributed by atoms with E-state index < -0.39 is 0 Å². The minimum atomic E-state index is 0.892. The van der Waals surface area contributed by atoms with E-state index in [1.165, 1.54) is 13.9 Å². The Hall–Kier alpha value is -0.820. The largest absolute Gasteiger partial charge is 0.497 e. The molecular weight excluding hydrogens is 335 g/mol. The maximum atomic E-state index is 5.22. The molecule has 0 radical (unpaired) electrons. The van der Waals surface area contributed by atoms with Crippen molar-refractivity contribution in [3.8, 4) is 5.75 Å². The molecule has 3 rings (SSSR count). The fourth-order valence-electron chi connectivity index (χ4n) is 1.75. The Labute approximate surface area is 110 Å². The van der Waals surface area contributed by atoms with E-state index in [4.69, 9.17) is 4.74 Å². The molecule has 1 aromatic carbocycles. The van der Waals surface area contributed by atoms with Crippen LogP contribution in [-0.4, -0.2) is 16.5 Å². The van der Waals surface area contributed by atoms with Gasteiger partial charge in [-0.3, -0.25) is 4.40 Å². The zero-order valence-corrected chi connectivity index (χ0v) is 11.8. The lowest BCUT2D eigenvalue weighted by Crippen LogP contribution is -1.86. The van der Waals surface area contributed by atoms with Gasteiger partial charge in [0, 0.05) is 0 Å². The molecule has 0 aliphatic rings. The second-order valence-corrected chi connectivity index (χ2v) is 5.57. The molecule has 3 aromatic rings. The lowest BCUT2D eigenvalue weighted by Gasteiger charge is -1.99. The number of methoxy groups -OCH3 is 1. The van der Waals surface area contributed by atoms with E-state index >= 15 is 0 Å². The van der Waals surface area contributed by atoms with Crippen LogP contribution in [0.2, 0.25) is 0 Å². The quantitative estimate of drug-likeness (QED) is 0.632. The van der Waals surface area contributed by atoms with Gasteiger partial charge in [0.25, 0.3) is 0 Å². The summed E-state index contributed by atoms with van der Waals surface area (Å²) in [6, 6.07) is 6.13. The van der Waals surface area contributed by atoms with Crippen molar-refractivity contribution in [2.45, 2.75) is 6.92 Å². The molecular formula is C11H9IN2OS. The van der Waals surface area contributed by atoms with Crippen LogP contribution in [-0.2, 0) is 0 Å². The number of nitrogens with zero attached hydrogens (tertiary/aromatic N) is 2. The van der Waals surface area contributed by atoms with E-state index in [0.29, 0.717) is 0 Å². The lowest BCUT2D eigenvalue weighted by molar-refractivity contribution is 0.415. The van der Waals surface area contributed by atoms with Crippen LogP contribution in [0.4, 0.5) is 0 Å². The second-order valence-electron chi connectivity index (χ2n) is 3.54. The molecule has 0 bridgehead atoms. The molecule has 5 heteroatoms. The van der Waals surface area contributed by atoms with Crippen LogP contribution in [0.3, 0.4) is 0 Å². The summed E-state index contributed by atoms with van der Waals surface area (Å²) >= 11 is 4.03. The van der Waals surface area contributed by atoms with Crippen LogP contribution < -0.4 is 4.74 Å². The number of imidazole rings is 1. The van der Waals surface area contributed by atoms with Gasteiger partial charge in [-0.2, -0.15) is 0 Å². The van der Waals surface area contributed by atoms with E-state index in [-0.39, 0.29) is 0 Å². The average Bonchev–Trinajstić information content (AvgIpc) is 2.76. The highest BCUT2D eigenvalue weighted by molar-refractivity contribution is 14.1. The summed E-state index contributed by atoms with van der Waals surface area (Å²) in [4.78, 5) is 5.59. The summed E-state index contributed by atoms with van der Waals surface area (Å²) in [5, 5.41) is 0. The van der Waals surface area contributed by atoms with Crippen LogP contribution in [0.1, 0.15) is 5.69 Å². The third-order valence-electron chi connectivity index (χ3n) is 2.56. The van der Waals surface area contributed by atoms with Crippen molar-refractivity contribution < 1.29 is 4.74 Å². The first-order valence-corrected chi connectivity index (χ1v) is 6.71. The van der Waals surface area contributed by atoms with Gasteiger partial charge >= 0.3 is 0 Å². The Kier molecular flexibility index (Phi) is 2.32. The van der Waals surface area contributed by atoms with Gasteiger partial charge in [-0.1, -0.05) is 11.3 Å². The van der Waals surface area contributed by atoms with Crippen LogP contribution in [0.25, 0.3) is 15.2 Å². The van der Waals surface area contributed by atoms with Crippen LogP contribution >= 0.6 is 33.9 Å². The molecule has 0 atom stereocenters. The molecule has 0 aliphatic heterocycles. The number of rotatable bonds is 1. The number of halogens is 1. The highest BCUT2D eigenvalue weighted by Crippen LogP contribution is 2.31. The van der Waals surface area contributed by atoms with E-state index in [0.717, 1.165) is 16.4 Å². The van der Waals surface area contributed by atoms with Gasteiger partial charge in [0.1, 0.15) is 9.45 Å². The van der Waals surface area contributed by atoms with Crippen molar-refractivity contribution in [3.05, 3.63) is 27.6 Å². The Bertz CT molecular complexity index is 686. The second kappa shape index (κ2) is 3.59. The predicted molar refractivity (Wildman–Crippen MR) is 74.6 cm³/mol. The highest BCUT2D eigenvalue weighted by Gasteiger charge is 2.12. The Balaban J connectivity index is 2.44. The standard InChI is InChI=1S/C11H9IN2OS/c1-6-10(12)14-8-4-3-7(15-2)5-9(8)16-11(14)13-6/h3-5H,1-2H3. The first kappa shape index (κ1) is 10.3. The minimum Gasteiger partial charge on any atom is -0.497 e. The van der Waals surface area contributed by atoms with E-state index in [9.17, 15) is 0 Å². The SMILES string of the molecule is COc1ccc2c(c1)sc1nc(C)c(I)n12. The van der Waals surface area contributed by atoms with Gasteiger partial charge in [0.05, 0.1) is 23.0 Å². The fourth-order valence-corrected chi connectivity index (χ4v) is 3.62. The normalized spacial score (nSPS) is 11.4. The van der Waals surface area contributed by atoms with Gasteiger partial charge in [0.2, 0.25) is 0 Å². The average molecular weight is 344 g/mol. The van der Waals surface area contributed by atoms with Crippen molar-refractivity contribution in [1.29, 1.82) is 0 Å². The molecule has 2 heterocycles. The summed E-state index contributed by atoms with van der Waals surface area (Å²) in [5.74, 6) is 0.892. The molecule has 3 nitrogen and oxygen atoms in total. The van der Waals surface area contributed by atoms with Crippen molar-refractivity contribution in [2.75, 3.05) is 7.11 Å². The zero-order chi connectivity index (χ0) is 11.3. The van der Waals surface area contributed by atoms with Gasteiger partial charge in [-0.05, 0) is 47.7 Å². The molecule has 0 saturated heterocycles. The number of thiazole rings is 1. The summed E-state index contributed by atoms with van der Waals surface area (Å²) in [6.45, 7) is 2.04. The summed E-state index contributed by atoms with van der Waals surface area (Å²) in [5.41, 5.74) is 2.29. The Morgan fingerprint density at radius 3 is 3.00 bits per heavy atom. The van der Waals surface area contributed by atoms with Crippen molar-refractivity contribution in [2.24, 2.45) is 0 Å². The molecule has 0 amide bonds. The number of hydrogen-bond acceptors (Lipinski definition) is 3. The molecule has 0 unspecified atom stereocenters. The maximum Gasteiger partial charge on any atom is 0.195 e. The number of aryl methyl sites for hydroxylation is 1. The lowest BCUT2D eigenvalue weighted by atomic mass is 10.3. The number of ether oxygens (including phenoxy) is 1.